The van der Waals surface area contributed by atoms with E-state index in [2.05, 4.69) is 20.2 Å². The Morgan fingerprint density at radius 2 is 2.16 bits per heavy atom. The van der Waals surface area contributed by atoms with Gasteiger partial charge in [-0.05, 0) is 62.5 Å². The van der Waals surface area contributed by atoms with Crippen LogP contribution in [0, 0.1) is 11.7 Å². The van der Waals surface area contributed by atoms with Gasteiger partial charge in [-0.2, -0.15) is 0 Å². The maximum absolute atomic E-state index is 14.7. The number of hydrogen-bond donors (Lipinski definition) is 2. The van der Waals surface area contributed by atoms with E-state index in [1.807, 2.05) is 19.2 Å². The van der Waals surface area contributed by atoms with Gasteiger partial charge in [-0.3, -0.25) is 4.79 Å². The van der Waals surface area contributed by atoms with Crippen LogP contribution in [-0.4, -0.2) is 59.7 Å². The summed E-state index contributed by atoms with van der Waals surface area (Å²) in [7, 11) is 1.56. The van der Waals surface area contributed by atoms with Crippen molar-refractivity contribution in [3.8, 4) is 11.5 Å². The van der Waals surface area contributed by atoms with Crippen molar-refractivity contribution in [2.45, 2.75) is 74.7 Å². The number of aryl methyl sites for hydroxylation is 1. The second-order valence-corrected chi connectivity index (χ2v) is 10.7. The summed E-state index contributed by atoms with van der Waals surface area (Å²) >= 11 is 1.48. The fraction of sp³-hybridized carbons (Fsp3) is 0.519. The average molecular weight is 528 g/mol. The largest absolute Gasteiger partial charge is 0.490 e. The summed E-state index contributed by atoms with van der Waals surface area (Å²) in [6, 6.07) is 5.24. The van der Waals surface area contributed by atoms with Crippen LogP contribution >= 0.6 is 11.8 Å². The predicted octanol–water partition coefficient (Wildman–Crippen LogP) is 4.53. The first-order valence-electron chi connectivity index (χ1n) is 12.9. The highest BCUT2D eigenvalue weighted by molar-refractivity contribution is 7.98. The molecule has 2 saturated heterocycles. The molecular formula is C27H34FN5O3S. The highest BCUT2D eigenvalue weighted by atomic mass is 32.2. The lowest BCUT2D eigenvalue weighted by Crippen LogP contribution is -2.41. The highest BCUT2D eigenvalue weighted by Gasteiger charge is 2.49. The second kappa shape index (κ2) is 10.9. The Morgan fingerprint density at radius 3 is 2.81 bits per heavy atom. The minimum absolute atomic E-state index is 0.0240. The topological polar surface area (TPSA) is 102 Å². The van der Waals surface area contributed by atoms with Gasteiger partial charge >= 0.3 is 0 Å². The lowest BCUT2D eigenvalue weighted by atomic mass is 9.97. The van der Waals surface area contributed by atoms with Gasteiger partial charge in [0.1, 0.15) is 18.1 Å². The van der Waals surface area contributed by atoms with Crippen LogP contribution in [0.15, 0.2) is 34.3 Å². The number of pyridine rings is 1. The Labute approximate surface area is 221 Å². The molecule has 1 aromatic heterocycles. The molecule has 10 heteroatoms. The number of aromatic nitrogens is 1. The predicted molar refractivity (Wildman–Crippen MR) is 144 cm³/mol. The molecule has 3 heterocycles. The van der Waals surface area contributed by atoms with E-state index in [-0.39, 0.29) is 30.2 Å². The molecule has 3 fully saturated rings. The van der Waals surface area contributed by atoms with E-state index in [0.717, 1.165) is 48.8 Å². The normalized spacial score (nSPS) is 23.8. The molecule has 198 valence electrons. The van der Waals surface area contributed by atoms with Crippen molar-refractivity contribution in [2.75, 3.05) is 18.7 Å². The summed E-state index contributed by atoms with van der Waals surface area (Å²) < 4.78 is 27.1. The number of hydrogen-bond acceptors (Lipinski definition) is 8. The van der Waals surface area contributed by atoms with Gasteiger partial charge in [-0.15, -0.1) is 11.8 Å². The zero-order chi connectivity index (χ0) is 26.1. The molecule has 8 nitrogen and oxygen atoms in total. The molecule has 37 heavy (non-hydrogen) atoms. The van der Waals surface area contributed by atoms with Crippen molar-refractivity contribution >= 4 is 35.4 Å². The zero-order valence-electron chi connectivity index (χ0n) is 21.4. The van der Waals surface area contributed by atoms with E-state index >= 15 is 0 Å². The molecule has 0 amide bonds. The summed E-state index contributed by atoms with van der Waals surface area (Å²) in [5, 5.41) is 3.08. The van der Waals surface area contributed by atoms with Crippen molar-refractivity contribution in [1.29, 1.82) is 0 Å². The number of aliphatic imine (C=N–C) groups is 1. The fourth-order valence-electron chi connectivity index (χ4n) is 5.45. The molecule has 3 N–H and O–H groups in total. The molecule has 1 aromatic carbocycles. The smallest absolute Gasteiger partial charge is 0.204 e. The molecule has 3 aliphatic rings. The number of methoxy groups -OCH3 is 1. The monoisotopic (exact) mass is 527 g/mol. The number of benzene rings is 1. The molecule has 5 rings (SSSR count). The van der Waals surface area contributed by atoms with E-state index in [0.29, 0.717) is 41.2 Å². The lowest BCUT2D eigenvalue weighted by Gasteiger charge is -2.27. The maximum Gasteiger partial charge on any atom is 0.204 e. The van der Waals surface area contributed by atoms with E-state index in [4.69, 9.17) is 15.2 Å². The number of rotatable bonds is 10. The van der Waals surface area contributed by atoms with Gasteiger partial charge in [0.15, 0.2) is 23.7 Å². The van der Waals surface area contributed by atoms with Crippen molar-refractivity contribution in [2.24, 2.45) is 16.6 Å². The number of amidine groups is 1. The molecule has 4 atom stereocenters. The number of thioether (sulfide) groups is 1. The molecule has 2 bridgehead atoms. The molecule has 1 aliphatic carbocycles. The molecule has 2 aromatic rings. The molecule has 0 radical (unpaired) electrons. The molecular weight excluding hydrogens is 493 g/mol. The average Bonchev–Trinajstić information content (AvgIpc) is 3.62. The number of nitrogens with one attached hydrogen (secondary N) is 1. The summed E-state index contributed by atoms with van der Waals surface area (Å²) in [6.07, 6.45) is 9.51. The van der Waals surface area contributed by atoms with Gasteiger partial charge in [0.25, 0.3) is 0 Å². The summed E-state index contributed by atoms with van der Waals surface area (Å²) in [6.45, 7) is 2.03. The van der Waals surface area contributed by atoms with E-state index in [9.17, 15) is 9.18 Å². The van der Waals surface area contributed by atoms with E-state index < -0.39 is 0 Å². The Kier molecular flexibility index (Phi) is 7.57. The number of fused-ring (bicyclic) bond motifs is 2. The molecule has 0 spiro atoms. The Balaban J connectivity index is 1.41. The summed E-state index contributed by atoms with van der Waals surface area (Å²) in [5.74, 6) is 1.86. The van der Waals surface area contributed by atoms with Crippen molar-refractivity contribution in [3.63, 3.8) is 0 Å². The van der Waals surface area contributed by atoms with Crippen LogP contribution in [0.25, 0.3) is 0 Å². The molecule has 1 saturated carbocycles. The Bertz CT molecular complexity index is 1190. The van der Waals surface area contributed by atoms with Crippen LogP contribution in [-0.2, 0) is 11.2 Å². The van der Waals surface area contributed by atoms with Crippen LogP contribution in [0.1, 0.15) is 44.6 Å². The standard InChI is InChI=1S/C27H34FN5O3S/c1-4-15-13-30-27(31-20-9-8-18(37-3)12-19(20)28)25(35-2)24(15)36-22-11-17-7-10-21(22)33(17)23(14-34)32-26(29)16-5-6-16/h8-9,12-14,16-17,21-22,26H,4-7,10-11,29H2,1-3H3,(H,30,31). The van der Waals surface area contributed by atoms with Crippen LogP contribution in [0.4, 0.5) is 15.9 Å². The number of halogens is 1. The minimum atomic E-state index is -0.369. The number of aldehydes is 1. The van der Waals surface area contributed by atoms with Gasteiger partial charge in [0.05, 0.1) is 18.8 Å². The molecule has 2 aliphatic heterocycles. The minimum Gasteiger partial charge on any atom is -0.490 e. The Morgan fingerprint density at radius 1 is 1.35 bits per heavy atom. The van der Waals surface area contributed by atoms with Crippen molar-refractivity contribution in [3.05, 3.63) is 35.8 Å². The number of anilines is 2. The number of carbonyl (C=O) groups is 1. The maximum atomic E-state index is 14.7. The van der Waals surface area contributed by atoms with Crippen LogP contribution < -0.4 is 20.5 Å². The third-order valence-electron chi connectivity index (χ3n) is 7.58. The van der Waals surface area contributed by atoms with Gasteiger partial charge < -0.3 is 25.4 Å². The SMILES string of the molecule is CCc1cnc(Nc2ccc(SC)cc2F)c(OC)c1OC1CC2CCC1N2C(C=O)=NC(N)C1CC1. The first-order valence-corrected chi connectivity index (χ1v) is 14.1. The van der Waals surface area contributed by atoms with Gasteiger partial charge in [0, 0.05) is 29.1 Å². The Hall–Kier alpha value is -2.85. The van der Waals surface area contributed by atoms with Crippen LogP contribution in [0.2, 0.25) is 0 Å². The van der Waals surface area contributed by atoms with Crippen LogP contribution in [0.5, 0.6) is 11.5 Å². The van der Waals surface area contributed by atoms with E-state index in [1.165, 1.54) is 17.8 Å². The third kappa shape index (κ3) is 5.13. The van der Waals surface area contributed by atoms with Crippen molar-refractivity contribution in [1.82, 2.24) is 9.88 Å². The first-order chi connectivity index (χ1) is 18.0. The van der Waals surface area contributed by atoms with E-state index in [1.54, 1.807) is 19.4 Å². The molecule has 4 unspecified atom stereocenters. The van der Waals surface area contributed by atoms with Gasteiger partial charge in [-0.25, -0.2) is 14.4 Å². The quantitative estimate of drug-likeness (QED) is 0.201. The summed E-state index contributed by atoms with van der Waals surface area (Å²) in [4.78, 5) is 24.1. The van der Waals surface area contributed by atoms with Crippen LogP contribution in [0.3, 0.4) is 0 Å². The third-order valence-corrected chi connectivity index (χ3v) is 8.31. The number of nitrogens with two attached hydrogens (primary N) is 1. The summed E-state index contributed by atoms with van der Waals surface area (Å²) in [5.41, 5.74) is 7.42. The fourth-order valence-corrected chi connectivity index (χ4v) is 5.87. The first kappa shape index (κ1) is 25.8. The second-order valence-electron chi connectivity index (χ2n) is 9.85. The lowest BCUT2D eigenvalue weighted by molar-refractivity contribution is -0.103. The number of carbonyl (C=O) groups excluding carboxylic acids is 1. The number of ether oxygens (including phenoxy) is 2. The van der Waals surface area contributed by atoms with Gasteiger partial charge in [0.2, 0.25) is 5.75 Å². The highest BCUT2D eigenvalue weighted by Crippen LogP contribution is 2.45. The van der Waals surface area contributed by atoms with Gasteiger partial charge in [-0.1, -0.05) is 6.92 Å². The number of nitrogens with zero attached hydrogens (tertiary/aromatic N) is 3. The zero-order valence-corrected chi connectivity index (χ0v) is 22.3. The van der Waals surface area contributed by atoms with Crippen molar-refractivity contribution < 1.29 is 18.7 Å².